The Bertz CT molecular complexity index is 622. The van der Waals surface area contributed by atoms with Crippen LogP contribution in [0, 0.1) is 11.3 Å². The van der Waals surface area contributed by atoms with E-state index in [-0.39, 0.29) is 0 Å². The smallest absolute Gasteiger partial charge is 0.146 e. The van der Waals surface area contributed by atoms with Gasteiger partial charge in [0, 0.05) is 4.90 Å². The van der Waals surface area contributed by atoms with Crippen molar-refractivity contribution in [1.82, 2.24) is 0 Å². The lowest BCUT2D eigenvalue weighted by atomic mass is 10.2. The molecule has 0 unspecified atom stereocenters. The molecular formula is C15H12ClNOS. The Balaban J connectivity index is 2.38. The summed E-state index contributed by atoms with van der Waals surface area (Å²) < 4.78 is 5.75. The summed E-state index contributed by atoms with van der Waals surface area (Å²) in [6.07, 6.45) is 0. The lowest BCUT2D eigenvalue weighted by Gasteiger charge is -2.11. The van der Waals surface area contributed by atoms with Gasteiger partial charge in [-0.05, 0) is 30.0 Å². The van der Waals surface area contributed by atoms with Crippen LogP contribution in [0.15, 0.2) is 47.4 Å². The van der Waals surface area contributed by atoms with Gasteiger partial charge in [-0.15, -0.1) is 11.8 Å². The van der Waals surface area contributed by atoms with Gasteiger partial charge in [0.15, 0.2) is 0 Å². The van der Waals surface area contributed by atoms with E-state index in [1.165, 1.54) is 0 Å². The van der Waals surface area contributed by atoms with Gasteiger partial charge in [-0.1, -0.05) is 36.7 Å². The first-order valence-electron chi connectivity index (χ1n) is 5.84. The third-order valence-corrected chi connectivity index (χ3v) is 3.71. The highest BCUT2D eigenvalue weighted by Crippen LogP contribution is 2.34. The van der Waals surface area contributed by atoms with Crippen LogP contribution in [0.4, 0.5) is 0 Å². The van der Waals surface area contributed by atoms with Crippen LogP contribution in [-0.2, 0) is 0 Å². The fourth-order valence-electron chi connectivity index (χ4n) is 1.63. The monoisotopic (exact) mass is 289 g/mol. The summed E-state index contributed by atoms with van der Waals surface area (Å²) in [4.78, 5) is 0.926. The molecular weight excluding hydrogens is 278 g/mol. The van der Waals surface area contributed by atoms with Crippen molar-refractivity contribution in [3.63, 3.8) is 0 Å². The molecule has 2 aromatic rings. The molecule has 0 radical (unpaired) electrons. The number of ether oxygens (including phenoxy) is 1. The van der Waals surface area contributed by atoms with Crippen LogP contribution in [0.3, 0.4) is 0 Å². The second-order valence-electron chi connectivity index (χ2n) is 3.71. The van der Waals surface area contributed by atoms with E-state index < -0.39 is 0 Å². The van der Waals surface area contributed by atoms with Crippen LogP contribution in [0.2, 0.25) is 5.02 Å². The maximum Gasteiger partial charge on any atom is 0.146 e. The van der Waals surface area contributed by atoms with E-state index >= 15 is 0 Å². The highest BCUT2D eigenvalue weighted by atomic mass is 35.5. The highest BCUT2D eigenvalue weighted by molar-refractivity contribution is 7.99. The summed E-state index contributed by atoms with van der Waals surface area (Å²) in [6.45, 7) is 2.05. The third-order valence-electron chi connectivity index (χ3n) is 2.46. The van der Waals surface area contributed by atoms with Gasteiger partial charge in [0.1, 0.15) is 23.1 Å². The van der Waals surface area contributed by atoms with E-state index in [0.29, 0.717) is 22.1 Å². The lowest BCUT2D eigenvalue weighted by Crippen LogP contribution is -1.91. The predicted molar refractivity (Wildman–Crippen MR) is 79.1 cm³/mol. The van der Waals surface area contributed by atoms with Crippen molar-refractivity contribution in [1.29, 1.82) is 5.26 Å². The molecule has 0 amide bonds. The molecule has 0 aliphatic rings. The molecule has 0 saturated heterocycles. The average Bonchev–Trinajstić information content (AvgIpc) is 2.42. The Kier molecular flexibility index (Phi) is 4.73. The zero-order valence-corrected chi connectivity index (χ0v) is 12.0. The molecule has 0 aliphatic carbocycles. The quantitative estimate of drug-likeness (QED) is 0.733. The Labute approximate surface area is 122 Å². The molecule has 2 nitrogen and oxygen atoms in total. The maximum atomic E-state index is 9.30. The molecule has 0 bridgehead atoms. The predicted octanol–water partition coefficient (Wildman–Crippen LogP) is 5.12. The van der Waals surface area contributed by atoms with E-state index in [2.05, 4.69) is 6.07 Å². The van der Waals surface area contributed by atoms with Gasteiger partial charge in [-0.2, -0.15) is 5.26 Å². The summed E-state index contributed by atoms with van der Waals surface area (Å²) in [7, 11) is 0. The van der Waals surface area contributed by atoms with Crippen LogP contribution in [0.25, 0.3) is 0 Å². The number of nitriles is 1. The molecule has 0 atom stereocenters. The van der Waals surface area contributed by atoms with Crippen LogP contribution >= 0.6 is 23.4 Å². The Morgan fingerprint density at radius 3 is 2.58 bits per heavy atom. The fourth-order valence-corrected chi connectivity index (χ4v) is 2.58. The number of benzene rings is 2. The van der Waals surface area contributed by atoms with E-state index in [0.717, 1.165) is 10.6 Å². The Morgan fingerprint density at radius 2 is 1.89 bits per heavy atom. The Hall–Kier alpha value is -1.63. The number of hydrogen-bond donors (Lipinski definition) is 0. The molecule has 0 aliphatic heterocycles. The van der Waals surface area contributed by atoms with Gasteiger partial charge in [0.2, 0.25) is 0 Å². The van der Waals surface area contributed by atoms with Crippen LogP contribution in [-0.4, -0.2) is 5.75 Å². The molecule has 4 heteroatoms. The fraction of sp³-hybridized carbons (Fsp3) is 0.133. The minimum absolute atomic E-state index is 0.528. The number of nitrogens with zero attached hydrogens (tertiary/aromatic N) is 1. The van der Waals surface area contributed by atoms with E-state index in [1.54, 1.807) is 30.0 Å². The summed E-state index contributed by atoms with van der Waals surface area (Å²) in [6, 6.07) is 15.0. The normalized spacial score (nSPS) is 9.95. The molecule has 96 valence electrons. The number of para-hydroxylation sites is 1. The van der Waals surface area contributed by atoms with Gasteiger partial charge in [0.05, 0.1) is 5.02 Å². The van der Waals surface area contributed by atoms with Crippen molar-refractivity contribution in [2.24, 2.45) is 0 Å². The SMILES string of the molecule is CCSc1cccc(Oc2ccccc2Cl)c1C#N. The van der Waals surface area contributed by atoms with Crippen LogP contribution in [0.1, 0.15) is 12.5 Å². The summed E-state index contributed by atoms with van der Waals surface area (Å²) >= 11 is 7.68. The molecule has 19 heavy (non-hydrogen) atoms. The van der Waals surface area contributed by atoms with Crippen molar-refractivity contribution in [3.8, 4) is 17.6 Å². The van der Waals surface area contributed by atoms with Crippen molar-refractivity contribution in [3.05, 3.63) is 53.1 Å². The summed E-state index contributed by atoms with van der Waals surface area (Å²) in [5.74, 6) is 2.00. The first kappa shape index (κ1) is 13.8. The first-order valence-corrected chi connectivity index (χ1v) is 7.21. The zero-order chi connectivity index (χ0) is 13.7. The largest absolute Gasteiger partial charge is 0.454 e. The van der Waals surface area contributed by atoms with E-state index in [4.69, 9.17) is 16.3 Å². The Morgan fingerprint density at radius 1 is 1.16 bits per heavy atom. The number of rotatable bonds is 4. The van der Waals surface area contributed by atoms with Crippen LogP contribution < -0.4 is 4.74 Å². The lowest BCUT2D eigenvalue weighted by molar-refractivity contribution is 0.480. The van der Waals surface area contributed by atoms with Crippen LogP contribution in [0.5, 0.6) is 11.5 Å². The number of hydrogen-bond acceptors (Lipinski definition) is 3. The van der Waals surface area contributed by atoms with Gasteiger partial charge >= 0.3 is 0 Å². The second kappa shape index (κ2) is 6.51. The first-order chi connectivity index (χ1) is 9.26. The van der Waals surface area contributed by atoms with E-state index in [1.807, 2.05) is 31.2 Å². The standard InChI is InChI=1S/C15H12ClNOS/c1-2-19-15-9-5-8-13(11(15)10-17)18-14-7-4-3-6-12(14)16/h3-9H,2H2,1H3. The molecule has 0 N–H and O–H groups in total. The second-order valence-corrected chi connectivity index (χ2v) is 5.42. The zero-order valence-electron chi connectivity index (χ0n) is 10.4. The third kappa shape index (κ3) is 3.23. The topological polar surface area (TPSA) is 33.0 Å². The minimum Gasteiger partial charge on any atom is -0.454 e. The van der Waals surface area contributed by atoms with Gasteiger partial charge < -0.3 is 4.74 Å². The van der Waals surface area contributed by atoms with Crippen molar-refractivity contribution in [2.45, 2.75) is 11.8 Å². The van der Waals surface area contributed by atoms with Gasteiger partial charge in [0.25, 0.3) is 0 Å². The molecule has 2 rings (SSSR count). The molecule has 0 aromatic heterocycles. The van der Waals surface area contributed by atoms with Crippen molar-refractivity contribution >= 4 is 23.4 Å². The molecule has 2 aromatic carbocycles. The summed E-state index contributed by atoms with van der Waals surface area (Å²) in [5.41, 5.74) is 0.550. The number of halogens is 1. The van der Waals surface area contributed by atoms with Crippen molar-refractivity contribution < 1.29 is 4.74 Å². The minimum atomic E-state index is 0.528. The van der Waals surface area contributed by atoms with Gasteiger partial charge in [-0.3, -0.25) is 0 Å². The average molecular weight is 290 g/mol. The maximum absolute atomic E-state index is 9.30. The van der Waals surface area contributed by atoms with E-state index in [9.17, 15) is 5.26 Å². The highest BCUT2D eigenvalue weighted by Gasteiger charge is 2.11. The molecule has 0 saturated carbocycles. The molecule has 0 heterocycles. The molecule has 0 spiro atoms. The van der Waals surface area contributed by atoms with Crippen molar-refractivity contribution in [2.75, 3.05) is 5.75 Å². The number of thioether (sulfide) groups is 1. The van der Waals surface area contributed by atoms with Gasteiger partial charge in [-0.25, -0.2) is 0 Å². The molecule has 0 fully saturated rings. The summed E-state index contributed by atoms with van der Waals surface area (Å²) in [5, 5.41) is 9.82.